The minimum Gasteiger partial charge on any atom is -0.495 e. The normalized spacial score (nSPS) is 10.1. The number of methoxy groups -OCH3 is 3. The number of nitrogens with one attached hydrogen (secondary N) is 2. The Morgan fingerprint density at radius 1 is 1.11 bits per heavy atom. The molecule has 0 bridgehead atoms. The van der Waals surface area contributed by atoms with E-state index in [0.29, 0.717) is 27.0 Å². The van der Waals surface area contributed by atoms with E-state index < -0.39 is 11.9 Å². The summed E-state index contributed by atoms with van der Waals surface area (Å²) >= 11 is 12.4. The number of halogens is 1. The summed E-state index contributed by atoms with van der Waals surface area (Å²) in [6.07, 6.45) is 0. The standard InChI is InChI=1S/C17H17ClN2O5S2/c1-8-12(15(21)24-3)14(27-13(8)16(22)25-4)20-17(26)19-10-7-9(18)5-6-11(10)23-2/h5-7H,1-4H3,(H2,19,20,26). The van der Waals surface area contributed by atoms with Crippen molar-refractivity contribution in [1.29, 1.82) is 0 Å². The number of esters is 2. The van der Waals surface area contributed by atoms with Crippen LogP contribution in [0.15, 0.2) is 18.2 Å². The average Bonchev–Trinajstić information content (AvgIpc) is 2.96. The molecular formula is C17H17ClN2O5S2. The molecule has 0 fully saturated rings. The Kier molecular flexibility index (Phi) is 7.00. The fourth-order valence-corrected chi connectivity index (χ4v) is 3.84. The van der Waals surface area contributed by atoms with Gasteiger partial charge in [-0.15, -0.1) is 11.3 Å². The molecule has 0 aliphatic carbocycles. The molecule has 0 saturated carbocycles. The molecule has 2 N–H and O–H groups in total. The summed E-state index contributed by atoms with van der Waals surface area (Å²) in [4.78, 5) is 24.4. The highest BCUT2D eigenvalue weighted by molar-refractivity contribution is 7.80. The maximum absolute atomic E-state index is 12.2. The summed E-state index contributed by atoms with van der Waals surface area (Å²) in [6.45, 7) is 1.64. The van der Waals surface area contributed by atoms with Gasteiger partial charge in [0.05, 0.1) is 32.6 Å². The SMILES string of the molecule is COC(=O)c1sc(NC(=S)Nc2cc(Cl)ccc2OC)c(C(=O)OC)c1C. The molecule has 0 radical (unpaired) electrons. The maximum Gasteiger partial charge on any atom is 0.348 e. The lowest BCUT2D eigenvalue weighted by Crippen LogP contribution is -2.20. The summed E-state index contributed by atoms with van der Waals surface area (Å²) in [5.41, 5.74) is 1.21. The molecule has 0 unspecified atom stereocenters. The highest BCUT2D eigenvalue weighted by Crippen LogP contribution is 2.35. The van der Waals surface area contributed by atoms with E-state index in [9.17, 15) is 9.59 Å². The van der Waals surface area contributed by atoms with E-state index in [0.717, 1.165) is 11.3 Å². The van der Waals surface area contributed by atoms with E-state index in [1.54, 1.807) is 25.1 Å². The summed E-state index contributed by atoms with van der Waals surface area (Å²) in [7, 11) is 4.05. The van der Waals surface area contributed by atoms with Crippen LogP contribution in [0.5, 0.6) is 5.75 Å². The van der Waals surface area contributed by atoms with Crippen molar-refractivity contribution in [1.82, 2.24) is 0 Å². The van der Waals surface area contributed by atoms with E-state index in [2.05, 4.69) is 10.6 Å². The molecule has 2 rings (SSSR count). The van der Waals surface area contributed by atoms with Gasteiger partial charge in [-0.2, -0.15) is 0 Å². The van der Waals surface area contributed by atoms with Crippen LogP contribution in [0.2, 0.25) is 5.02 Å². The van der Waals surface area contributed by atoms with Gasteiger partial charge in [0, 0.05) is 5.02 Å². The Labute approximate surface area is 170 Å². The first-order valence-electron chi connectivity index (χ1n) is 7.53. The molecule has 10 heteroatoms. The molecule has 144 valence electrons. The van der Waals surface area contributed by atoms with Crippen LogP contribution in [-0.4, -0.2) is 38.4 Å². The Bertz CT molecular complexity index is 898. The lowest BCUT2D eigenvalue weighted by atomic mass is 10.1. The second-order valence-corrected chi connectivity index (χ2v) is 7.03. The van der Waals surface area contributed by atoms with Crippen LogP contribution >= 0.6 is 35.2 Å². The molecule has 1 aromatic heterocycles. The Hall–Kier alpha value is -2.36. The smallest absolute Gasteiger partial charge is 0.348 e. The third-order valence-corrected chi connectivity index (χ3v) is 5.17. The van der Waals surface area contributed by atoms with Crippen molar-refractivity contribution < 1.29 is 23.8 Å². The van der Waals surface area contributed by atoms with Gasteiger partial charge in [-0.25, -0.2) is 9.59 Å². The monoisotopic (exact) mass is 428 g/mol. The van der Waals surface area contributed by atoms with E-state index in [1.807, 2.05) is 0 Å². The van der Waals surface area contributed by atoms with Gasteiger partial charge in [-0.05, 0) is 42.9 Å². The second-order valence-electron chi connectivity index (χ2n) is 5.17. The van der Waals surface area contributed by atoms with Gasteiger partial charge in [-0.1, -0.05) is 11.6 Å². The van der Waals surface area contributed by atoms with E-state index in [4.69, 9.17) is 38.0 Å². The molecule has 0 spiro atoms. The number of thiophene rings is 1. The molecule has 7 nitrogen and oxygen atoms in total. The first kappa shape index (κ1) is 20.9. The molecule has 0 atom stereocenters. The molecule has 27 heavy (non-hydrogen) atoms. The van der Waals surface area contributed by atoms with E-state index in [1.165, 1.54) is 21.3 Å². The minimum absolute atomic E-state index is 0.179. The molecule has 1 heterocycles. The van der Waals surface area contributed by atoms with Gasteiger partial charge >= 0.3 is 11.9 Å². The number of carbonyl (C=O) groups is 2. The van der Waals surface area contributed by atoms with Crippen LogP contribution in [0.4, 0.5) is 10.7 Å². The van der Waals surface area contributed by atoms with Crippen molar-refractivity contribution in [2.45, 2.75) is 6.92 Å². The van der Waals surface area contributed by atoms with Crippen LogP contribution in [0.3, 0.4) is 0 Å². The highest BCUT2D eigenvalue weighted by Gasteiger charge is 2.26. The number of hydrogen-bond donors (Lipinski definition) is 2. The van der Waals surface area contributed by atoms with Gasteiger partial charge in [0.15, 0.2) is 5.11 Å². The number of ether oxygens (including phenoxy) is 3. The highest BCUT2D eigenvalue weighted by atomic mass is 35.5. The zero-order valence-electron chi connectivity index (χ0n) is 15.0. The molecule has 0 aliphatic heterocycles. The summed E-state index contributed by atoms with van der Waals surface area (Å²) in [5.74, 6) is -0.606. The first-order chi connectivity index (χ1) is 12.8. The fourth-order valence-electron chi connectivity index (χ4n) is 2.27. The Morgan fingerprint density at radius 3 is 2.37 bits per heavy atom. The van der Waals surface area contributed by atoms with Crippen LogP contribution in [0.1, 0.15) is 25.6 Å². The zero-order chi connectivity index (χ0) is 20.1. The third kappa shape index (κ3) is 4.68. The van der Waals surface area contributed by atoms with Gasteiger partial charge in [0.1, 0.15) is 15.6 Å². The van der Waals surface area contributed by atoms with Crippen molar-refractivity contribution in [3.8, 4) is 5.75 Å². The van der Waals surface area contributed by atoms with Crippen molar-refractivity contribution in [2.24, 2.45) is 0 Å². The Balaban J connectivity index is 2.33. The van der Waals surface area contributed by atoms with Gasteiger partial charge in [0.25, 0.3) is 0 Å². The third-order valence-electron chi connectivity index (χ3n) is 3.54. The predicted octanol–water partition coefficient (Wildman–Crippen LogP) is 4.10. The van der Waals surface area contributed by atoms with Crippen molar-refractivity contribution in [3.05, 3.63) is 39.2 Å². The average molecular weight is 429 g/mol. The van der Waals surface area contributed by atoms with Gasteiger partial charge in [0.2, 0.25) is 0 Å². The summed E-state index contributed by atoms with van der Waals surface area (Å²) < 4.78 is 14.8. The van der Waals surface area contributed by atoms with Crippen LogP contribution in [0.25, 0.3) is 0 Å². The number of thiocarbonyl (C=S) groups is 1. The van der Waals surface area contributed by atoms with E-state index in [-0.39, 0.29) is 15.6 Å². The van der Waals surface area contributed by atoms with Gasteiger partial charge in [-0.3, -0.25) is 0 Å². The van der Waals surface area contributed by atoms with Crippen molar-refractivity contribution >= 4 is 62.9 Å². The lowest BCUT2D eigenvalue weighted by molar-refractivity contribution is 0.0601. The van der Waals surface area contributed by atoms with Crippen LogP contribution in [-0.2, 0) is 9.47 Å². The summed E-state index contributed by atoms with van der Waals surface area (Å²) in [6, 6.07) is 5.02. The zero-order valence-corrected chi connectivity index (χ0v) is 17.4. The van der Waals surface area contributed by atoms with Gasteiger partial charge < -0.3 is 24.8 Å². The van der Waals surface area contributed by atoms with Crippen LogP contribution < -0.4 is 15.4 Å². The van der Waals surface area contributed by atoms with E-state index >= 15 is 0 Å². The largest absolute Gasteiger partial charge is 0.495 e. The molecule has 1 aromatic carbocycles. The number of rotatable bonds is 5. The molecule has 0 amide bonds. The number of hydrogen-bond acceptors (Lipinski definition) is 7. The summed E-state index contributed by atoms with van der Waals surface area (Å²) in [5, 5.41) is 6.91. The number of carbonyl (C=O) groups excluding carboxylic acids is 2. The van der Waals surface area contributed by atoms with Crippen molar-refractivity contribution in [2.75, 3.05) is 32.0 Å². The predicted molar refractivity (Wildman–Crippen MR) is 110 cm³/mol. The topological polar surface area (TPSA) is 85.9 Å². The maximum atomic E-state index is 12.2. The van der Waals surface area contributed by atoms with Crippen LogP contribution in [0, 0.1) is 6.92 Å². The first-order valence-corrected chi connectivity index (χ1v) is 9.14. The number of anilines is 2. The minimum atomic E-state index is -0.593. The lowest BCUT2D eigenvalue weighted by Gasteiger charge is -2.13. The molecule has 2 aromatic rings. The molecule has 0 aliphatic rings. The number of benzene rings is 1. The van der Waals surface area contributed by atoms with Crippen molar-refractivity contribution in [3.63, 3.8) is 0 Å². The molecular weight excluding hydrogens is 412 g/mol. The Morgan fingerprint density at radius 2 is 1.78 bits per heavy atom. The molecule has 0 saturated heterocycles. The quantitative estimate of drug-likeness (QED) is 0.543. The second kappa shape index (κ2) is 9.03. The fraction of sp³-hybridized carbons (Fsp3) is 0.235.